The number of hydrogen-bond donors (Lipinski definition) is 0. The lowest BCUT2D eigenvalue weighted by atomic mass is 9.70. The lowest BCUT2D eigenvalue weighted by molar-refractivity contribution is 0.0795. The summed E-state index contributed by atoms with van der Waals surface area (Å²) in [5, 5.41) is 0. The predicted octanol–water partition coefficient (Wildman–Crippen LogP) is 1.80. The Morgan fingerprint density at radius 3 is 2.06 bits per heavy atom. The van der Waals surface area contributed by atoms with Gasteiger partial charge in [-0.15, -0.1) is 0 Å². The smallest absolute Gasteiger partial charge is 0.0510 e. The summed E-state index contributed by atoms with van der Waals surface area (Å²) in [6.07, 6.45) is 12.0. The second-order valence-electron chi connectivity index (χ2n) is 6.24. The van der Waals surface area contributed by atoms with E-state index in [0.29, 0.717) is 12.1 Å². The molecular formula is C15H25N3. The molecule has 3 aliphatic heterocycles. The number of likely N-dealkylation sites (tertiary alicyclic amines) is 2. The van der Waals surface area contributed by atoms with Crippen molar-refractivity contribution in [3.8, 4) is 0 Å². The van der Waals surface area contributed by atoms with E-state index in [-0.39, 0.29) is 5.41 Å². The van der Waals surface area contributed by atoms with Gasteiger partial charge in [0.25, 0.3) is 0 Å². The van der Waals surface area contributed by atoms with Crippen molar-refractivity contribution in [2.75, 3.05) is 33.7 Å². The number of nitrogens with zero attached hydrogens (tertiary/aromatic N) is 3. The standard InChI is InChI=1S/C15H25N3/c1-17-10-3-6-13(17)15(8-5-9-16-12-15)14-7-4-11-18(14)2/h5,8-9,13-14H,3-4,6-7,10-12H2,1-2H3/t13-,14-/m0/s1. The van der Waals surface area contributed by atoms with Gasteiger partial charge in [0.1, 0.15) is 0 Å². The highest BCUT2D eigenvalue weighted by molar-refractivity contribution is 5.72. The van der Waals surface area contributed by atoms with Crippen molar-refractivity contribution in [2.24, 2.45) is 10.4 Å². The first-order chi connectivity index (χ1) is 8.74. The van der Waals surface area contributed by atoms with Gasteiger partial charge >= 0.3 is 0 Å². The molecule has 0 spiro atoms. The Labute approximate surface area is 111 Å². The van der Waals surface area contributed by atoms with E-state index in [0.717, 1.165) is 6.54 Å². The molecule has 18 heavy (non-hydrogen) atoms. The van der Waals surface area contributed by atoms with Gasteiger partial charge in [-0.3, -0.25) is 4.99 Å². The fourth-order valence-corrected chi connectivity index (χ4v) is 4.38. The van der Waals surface area contributed by atoms with Gasteiger partial charge in [-0.25, -0.2) is 0 Å². The minimum absolute atomic E-state index is 0.255. The topological polar surface area (TPSA) is 18.8 Å². The molecule has 0 bridgehead atoms. The van der Waals surface area contributed by atoms with E-state index in [9.17, 15) is 0 Å². The largest absolute Gasteiger partial charge is 0.302 e. The van der Waals surface area contributed by atoms with Gasteiger partial charge in [0.05, 0.1) is 6.54 Å². The number of allylic oxidation sites excluding steroid dienone is 1. The van der Waals surface area contributed by atoms with Crippen molar-refractivity contribution in [3.63, 3.8) is 0 Å². The lowest BCUT2D eigenvalue weighted by Gasteiger charge is -2.46. The van der Waals surface area contributed by atoms with Crippen LogP contribution < -0.4 is 0 Å². The Kier molecular flexibility index (Phi) is 3.29. The summed E-state index contributed by atoms with van der Waals surface area (Å²) in [6.45, 7) is 3.48. The molecule has 0 aromatic carbocycles. The van der Waals surface area contributed by atoms with Gasteiger partial charge in [0, 0.05) is 23.7 Å². The third-order valence-electron chi connectivity index (χ3n) is 5.24. The third-order valence-corrected chi connectivity index (χ3v) is 5.24. The maximum absolute atomic E-state index is 4.62. The Morgan fingerprint density at radius 1 is 1.06 bits per heavy atom. The summed E-state index contributed by atoms with van der Waals surface area (Å²) >= 11 is 0. The molecule has 0 radical (unpaired) electrons. The molecular weight excluding hydrogens is 222 g/mol. The van der Waals surface area contributed by atoms with E-state index in [1.165, 1.54) is 38.8 Å². The van der Waals surface area contributed by atoms with Crippen LogP contribution in [0.25, 0.3) is 0 Å². The molecule has 3 nitrogen and oxygen atoms in total. The fourth-order valence-electron chi connectivity index (χ4n) is 4.38. The Hall–Kier alpha value is -0.670. The van der Waals surface area contributed by atoms with Gasteiger partial charge in [0.2, 0.25) is 0 Å². The first kappa shape index (κ1) is 12.4. The highest BCUT2D eigenvalue weighted by Crippen LogP contribution is 2.43. The SMILES string of the molecule is CN1CCC[C@H]1C1([C@@H]2CCCN2C)C=CC=NC1. The van der Waals surface area contributed by atoms with Crippen molar-refractivity contribution in [2.45, 2.75) is 37.8 Å². The van der Waals surface area contributed by atoms with Gasteiger partial charge in [-0.2, -0.15) is 0 Å². The number of hydrogen-bond acceptors (Lipinski definition) is 3. The van der Waals surface area contributed by atoms with Crippen LogP contribution in [0, 0.1) is 5.41 Å². The molecule has 2 saturated heterocycles. The molecule has 0 unspecified atom stereocenters. The molecule has 0 aromatic heterocycles. The van der Waals surface area contributed by atoms with Crippen LogP contribution in [0.5, 0.6) is 0 Å². The van der Waals surface area contributed by atoms with Crippen LogP contribution in [0.1, 0.15) is 25.7 Å². The van der Waals surface area contributed by atoms with E-state index in [1.54, 1.807) is 0 Å². The predicted molar refractivity (Wildman–Crippen MR) is 76.2 cm³/mol. The summed E-state index contributed by atoms with van der Waals surface area (Å²) in [5.41, 5.74) is 0.255. The first-order valence-electron chi connectivity index (χ1n) is 7.32. The minimum Gasteiger partial charge on any atom is -0.302 e. The van der Waals surface area contributed by atoms with Gasteiger partial charge in [-0.1, -0.05) is 6.08 Å². The molecule has 3 aliphatic rings. The van der Waals surface area contributed by atoms with Crippen LogP contribution in [-0.4, -0.2) is 61.8 Å². The highest BCUT2D eigenvalue weighted by Gasteiger charge is 2.49. The summed E-state index contributed by atoms with van der Waals surface area (Å²) in [7, 11) is 4.58. The third kappa shape index (κ3) is 1.84. The Morgan fingerprint density at radius 2 is 1.67 bits per heavy atom. The highest BCUT2D eigenvalue weighted by atomic mass is 15.2. The zero-order valence-electron chi connectivity index (χ0n) is 11.7. The van der Waals surface area contributed by atoms with Crippen molar-refractivity contribution in [1.82, 2.24) is 9.80 Å². The number of dihydropyridines is 1. The molecule has 3 rings (SSSR count). The molecule has 0 aromatic rings. The van der Waals surface area contributed by atoms with Gasteiger partial charge < -0.3 is 9.80 Å². The van der Waals surface area contributed by atoms with Crippen LogP contribution in [0.3, 0.4) is 0 Å². The lowest BCUT2D eigenvalue weighted by Crippen LogP contribution is -2.55. The molecule has 0 saturated carbocycles. The fraction of sp³-hybridized carbons (Fsp3) is 0.800. The molecule has 3 heteroatoms. The summed E-state index contributed by atoms with van der Waals surface area (Å²) in [6, 6.07) is 1.36. The number of aliphatic imine (C=N–C) groups is 1. The van der Waals surface area contributed by atoms with E-state index in [4.69, 9.17) is 0 Å². The zero-order valence-corrected chi connectivity index (χ0v) is 11.7. The molecule has 100 valence electrons. The van der Waals surface area contributed by atoms with Crippen LogP contribution in [-0.2, 0) is 0 Å². The molecule has 0 amide bonds. The summed E-state index contributed by atoms with van der Waals surface area (Å²) in [4.78, 5) is 9.76. The maximum Gasteiger partial charge on any atom is 0.0510 e. The van der Waals surface area contributed by atoms with Gasteiger partial charge in [-0.05, 0) is 58.9 Å². The van der Waals surface area contributed by atoms with Crippen molar-refractivity contribution >= 4 is 6.21 Å². The Balaban J connectivity index is 1.93. The minimum atomic E-state index is 0.255. The van der Waals surface area contributed by atoms with Crippen molar-refractivity contribution in [1.29, 1.82) is 0 Å². The molecule has 2 atom stereocenters. The Bertz CT molecular complexity index is 341. The van der Waals surface area contributed by atoms with Crippen molar-refractivity contribution in [3.05, 3.63) is 12.2 Å². The summed E-state index contributed by atoms with van der Waals surface area (Å²) in [5.74, 6) is 0. The monoisotopic (exact) mass is 247 g/mol. The average Bonchev–Trinajstić information content (AvgIpc) is 2.99. The second kappa shape index (κ2) is 4.78. The van der Waals surface area contributed by atoms with Gasteiger partial charge in [0.15, 0.2) is 0 Å². The van der Waals surface area contributed by atoms with Crippen LogP contribution in [0.2, 0.25) is 0 Å². The van der Waals surface area contributed by atoms with E-state index >= 15 is 0 Å². The van der Waals surface area contributed by atoms with Crippen LogP contribution in [0.15, 0.2) is 17.1 Å². The molecule has 3 heterocycles. The number of rotatable bonds is 2. The first-order valence-corrected chi connectivity index (χ1v) is 7.32. The zero-order chi connectivity index (χ0) is 12.6. The summed E-state index contributed by atoms with van der Waals surface area (Å²) < 4.78 is 0. The molecule has 0 aliphatic carbocycles. The van der Waals surface area contributed by atoms with E-state index < -0.39 is 0 Å². The van der Waals surface area contributed by atoms with E-state index in [1.807, 2.05) is 6.21 Å². The quantitative estimate of drug-likeness (QED) is 0.741. The van der Waals surface area contributed by atoms with Crippen LogP contribution >= 0.6 is 0 Å². The second-order valence-corrected chi connectivity index (χ2v) is 6.24. The normalized spacial score (nSPS) is 36.6. The van der Waals surface area contributed by atoms with E-state index in [2.05, 4.69) is 41.0 Å². The maximum atomic E-state index is 4.62. The molecule has 2 fully saturated rings. The average molecular weight is 247 g/mol. The van der Waals surface area contributed by atoms with Crippen LogP contribution in [0.4, 0.5) is 0 Å². The van der Waals surface area contributed by atoms with Crippen molar-refractivity contribution < 1.29 is 0 Å². The molecule has 0 N–H and O–H groups in total.